The second kappa shape index (κ2) is 4.52. The molecule has 0 saturated heterocycles. The molecule has 1 N–H and O–H groups in total. The van der Waals surface area contributed by atoms with Gasteiger partial charge in [0.15, 0.2) is 0 Å². The lowest BCUT2D eigenvalue weighted by Crippen LogP contribution is -2.05. The molecule has 0 fully saturated rings. The summed E-state index contributed by atoms with van der Waals surface area (Å²) in [4.78, 5) is 10.1. The molecule has 76 valence electrons. The Balaban J connectivity index is 3.07. The van der Waals surface area contributed by atoms with Gasteiger partial charge in [-0.2, -0.15) is 0 Å². The Morgan fingerprint density at radius 2 is 2.29 bits per heavy atom. The molecule has 0 heterocycles. The molecule has 0 aliphatic carbocycles. The maximum absolute atomic E-state index is 10.6. The standard InChI is InChI=1S/C9H10BrNO3/c1-6(12)5-7-3-2-4-8(9(7)10)11(13)14/h2-4,6,12H,5H2,1H3/t6-/m1/s1. The monoisotopic (exact) mass is 259 g/mol. The van der Waals surface area contributed by atoms with E-state index >= 15 is 0 Å². The summed E-state index contributed by atoms with van der Waals surface area (Å²) in [6.45, 7) is 1.64. The Hall–Kier alpha value is -0.940. The van der Waals surface area contributed by atoms with Crippen molar-refractivity contribution >= 4 is 21.6 Å². The van der Waals surface area contributed by atoms with Gasteiger partial charge in [0, 0.05) is 6.07 Å². The zero-order valence-corrected chi connectivity index (χ0v) is 9.19. The van der Waals surface area contributed by atoms with Crippen molar-refractivity contribution in [3.05, 3.63) is 38.3 Å². The summed E-state index contributed by atoms with van der Waals surface area (Å²) in [5.74, 6) is 0. The average molecular weight is 260 g/mol. The molecule has 1 aromatic carbocycles. The van der Waals surface area contributed by atoms with Crippen molar-refractivity contribution in [2.75, 3.05) is 0 Å². The van der Waals surface area contributed by atoms with Crippen LogP contribution in [-0.4, -0.2) is 16.1 Å². The third-order valence-electron chi connectivity index (χ3n) is 1.77. The van der Waals surface area contributed by atoms with E-state index in [0.717, 1.165) is 5.56 Å². The Morgan fingerprint density at radius 1 is 1.64 bits per heavy atom. The van der Waals surface area contributed by atoms with Crippen LogP contribution in [0.25, 0.3) is 0 Å². The first-order valence-electron chi connectivity index (χ1n) is 4.12. The van der Waals surface area contributed by atoms with E-state index < -0.39 is 11.0 Å². The van der Waals surface area contributed by atoms with Crippen molar-refractivity contribution in [2.45, 2.75) is 19.4 Å². The van der Waals surface area contributed by atoms with Gasteiger partial charge in [0.05, 0.1) is 15.5 Å². The van der Waals surface area contributed by atoms with Gasteiger partial charge < -0.3 is 5.11 Å². The zero-order valence-electron chi connectivity index (χ0n) is 7.61. The van der Waals surface area contributed by atoms with Crippen LogP contribution in [0.1, 0.15) is 12.5 Å². The van der Waals surface area contributed by atoms with Gasteiger partial charge in [-0.15, -0.1) is 0 Å². The fraction of sp³-hybridized carbons (Fsp3) is 0.333. The number of hydrogen-bond donors (Lipinski definition) is 1. The Labute approximate surface area is 89.8 Å². The first-order valence-corrected chi connectivity index (χ1v) is 4.91. The molecule has 5 heteroatoms. The lowest BCUT2D eigenvalue weighted by atomic mass is 10.1. The highest BCUT2D eigenvalue weighted by Gasteiger charge is 2.15. The SMILES string of the molecule is C[C@@H](O)Cc1cccc([N+](=O)[O-])c1Br. The molecule has 0 aromatic heterocycles. The number of nitrogens with zero attached hydrogens (tertiary/aromatic N) is 1. The van der Waals surface area contributed by atoms with Crippen molar-refractivity contribution in [2.24, 2.45) is 0 Å². The number of aliphatic hydroxyl groups is 1. The zero-order chi connectivity index (χ0) is 10.7. The summed E-state index contributed by atoms with van der Waals surface area (Å²) in [5, 5.41) is 19.7. The average Bonchev–Trinajstić information content (AvgIpc) is 2.07. The lowest BCUT2D eigenvalue weighted by molar-refractivity contribution is -0.385. The van der Waals surface area contributed by atoms with Gasteiger partial charge >= 0.3 is 0 Å². The van der Waals surface area contributed by atoms with Gasteiger partial charge in [-0.1, -0.05) is 12.1 Å². The molecule has 0 spiro atoms. The van der Waals surface area contributed by atoms with E-state index in [0.29, 0.717) is 10.9 Å². The quantitative estimate of drug-likeness (QED) is 0.669. The number of benzene rings is 1. The van der Waals surface area contributed by atoms with Crippen LogP contribution in [0.4, 0.5) is 5.69 Å². The largest absolute Gasteiger partial charge is 0.393 e. The third-order valence-corrected chi connectivity index (χ3v) is 2.69. The highest BCUT2D eigenvalue weighted by molar-refractivity contribution is 9.10. The van der Waals surface area contributed by atoms with E-state index in [9.17, 15) is 10.1 Å². The van der Waals surface area contributed by atoms with Crippen LogP contribution < -0.4 is 0 Å². The summed E-state index contributed by atoms with van der Waals surface area (Å²) >= 11 is 3.16. The minimum absolute atomic E-state index is 0.0307. The minimum atomic E-state index is -0.506. The molecule has 0 amide bonds. The van der Waals surface area contributed by atoms with Crippen molar-refractivity contribution in [3.8, 4) is 0 Å². The van der Waals surface area contributed by atoms with Crippen LogP contribution in [-0.2, 0) is 6.42 Å². The van der Waals surface area contributed by atoms with Crippen LogP contribution in [0.3, 0.4) is 0 Å². The van der Waals surface area contributed by atoms with Crippen molar-refractivity contribution in [1.29, 1.82) is 0 Å². The fourth-order valence-corrected chi connectivity index (χ4v) is 1.75. The highest BCUT2D eigenvalue weighted by atomic mass is 79.9. The van der Waals surface area contributed by atoms with E-state index in [4.69, 9.17) is 5.11 Å². The normalized spacial score (nSPS) is 12.5. The van der Waals surface area contributed by atoms with Gasteiger partial charge in [-0.05, 0) is 34.8 Å². The maximum Gasteiger partial charge on any atom is 0.283 e. The molecule has 0 radical (unpaired) electrons. The molecule has 0 saturated carbocycles. The van der Waals surface area contributed by atoms with Crippen LogP contribution in [0.15, 0.2) is 22.7 Å². The topological polar surface area (TPSA) is 63.4 Å². The lowest BCUT2D eigenvalue weighted by Gasteiger charge is -2.06. The van der Waals surface area contributed by atoms with Crippen LogP contribution in [0.2, 0.25) is 0 Å². The Morgan fingerprint density at radius 3 is 2.79 bits per heavy atom. The predicted molar refractivity (Wildman–Crippen MR) is 56.2 cm³/mol. The number of halogens is 1. The number of rotatable bonds is 3. The van der Waals surface area contributed by atoms with E-state index in [1.54, 1.807) is 19.1 Å². The smallest absolute Gasteiger partial charge is 0.283 e. The molecular formula is C9H10BrNO3. The molecule has 0 unspecified atom stereocenters. The van der Waals surface area contributed by atoms with Crippen LogP contribution in [0, 0.1) is 10.1 Å². The van der Waals surface area contributed by atoms with Gasteiger partial charge in [-0.25, -0.2) is 0 Å². The summed E-state index contributed by atoms with van der Waals surface area (Å²) in [6.07, 6.45) is -0.101. The molecule has 0 bridgehead atoms. The van der Waals surface area contributed by atoms with Gasteiger partial charge in [0.2, 0.25) is 0 Å². The first-order chi connectivity index (χ1) is 6.52. The molecular weight excluding hydrogens is 250 g/mol. The summed E-state index contributed by atoms with van der Waals surface area (Å²) in [6, 6.07) is 4.79. The van der Waals surface area contributed by atoms with Crippen molar-refractivity contribution in [1.82, 2.24) is 0 Å². The molecule has 1 aromatic rings. The Kier molecular flexibility index (Phi) is 3.60. The maximum atomic E-state index is 10.6. The minimum Gasteiger partial charge on any atom is -0.393 e. The van der Waals surface area contributed by atoms with Crippen LogP contribution >= 0.6 is 15.9 Å². The van der Waals surface area contributed by atoms with Crippen LogP contribution in [0.5, 0.6) is 0 Å². The summed E-state index contributed by atoms with van der Waals surface area (Å²) < 4.78 is 0.450. The molecule has 14 heavy (non-hydrogen) atoms. The van der Waals surface area contributed by atoms with Gasteiger partial charge in [0.1, 0.15) is 0 Å². The van der Waals surface area contributed by atoms with Gasteiger partial charge in [0.25, 0.3) is 5.69 Å². The van der Waals surface area contributed by atoms with E-state index in [-0.39, 0.29) is 5.69 Å². The predicted octanol–water partition coefficient (Wildman–Crippen LogP) is 2.28. The molecule has 1 atom stereocenters. The molecule has 1 rings (SSSR count). The number of aliphatic hydroxyl groups excluding tert-OH is 1. The summed E-state index contributed by atoms with van der Waals surface area (Å²) in [5.41, 5.74) is 0.775. The fourth-order valence-electron chi connectivity index (χ4n) is 1.18. The highest BCUT2D eigenvalue weighted by Crippen LogP contribution is 2.28. The number of hydrogen-bond acceptors (Lipinski definition) is 3. The number of nitro groups is 1. The van der Waals surface area contributed by atoms with Crippen molar-refractivity contribution in [3.63, 3.8) is 0 Å². The first kappa shape index (κ1) is 11.1. The second-order valence-corrected chi connectivity index (χ2v) is 3.85. The third kappa shape index (κ3) is 2.52. The molecule has 4 nitrogen and oxygen atoms in total. The number of nitro benzene ring substituents is 1. The molecule has 0 aliphatic heterocycles. The Bertz CT molecular complexity index is 352. The summed E-state index contributed by atoms with van der Waals surface area (Å²) in [7, 11) is 0. The molecule has 0 aliphatic rings. The second-order valence-electron chi connectivity index (χ2n) is 3.06. The van der Waals surface area contributed by atoms with Crippen molar-refractivity contribution < 1.29 is 10.0 Å². The van der Waals surface area contributed by atoms with Gasteiger partial charge in [-0.3, -0.25) is 10.1 Å². The van der Waals surface area contributed by atoms with E-state index in [1.807, 2.05) is 0 Å². The van der Waals surface area contributed by atoms with E-state index in [1.165, 1.54) is 6.07 Å². The van der Waals surface area contributed by atoms with E-state index in [2.05, 4.69) is 15.9 Å².